The van der Waals surface area contributed by atoms with Crippen LogP contribution in [0.15, 0.2) is 24.3 Å². The molecule has 4 heteroatoms. The topological polar surface area (TPSA) is 20.2 Å². The lowest BCUT2D eigenvalue weighted by molar-refractivity contribution is -0.0943. The second kappa shape index (κ2) is 4.98. The fourth-order valence-electron chi connectivity index (χ4n) is 0.727. The van der Waals surface area contributed by atoms with Crippen molar-refractivity contribution in [2.24, 2.45) is 0 Å². The molecular formula is C8H11F3O. The normalized spacial score (nSPS) is 13.2. The van der Waals surface area contributed by atoms with Gasteiger partial charge in [-0.1, -0.05) is 12.2 Å². The monoisotopic (exact) mass is 180 g/mol. The molecule has 0 fully saturated rings. The molecule has 0 radical (unpaired) electrons. The molecule has 1 nitrogen and oxygen atoms in total. The standard InChI is InChI=1S/C8H11F3O/c1-2-3-4-7(5-6-12)8(9,10)11/h2,5,12H,1,3-4,6H2/b7-5-. The van der Waals surface area contributed by atoms with Crippen molar-refractivity contribution in [2.75, 3.05) is 6.61 Å². The van der Waals surface area contributed by atoms with Gasteiger partial charge in [0.15, 0.2) is 0 Å². The molecule has 0 saturated carbocycles. The summed E-state index contributed by atoms with van der Waals surface area (Å²) >= 11 is 0. The molecule has 0 rings (SSSR count). The lowest BCUT2D eigenvalue weighted by Gasteiger charge is -2.09. The number of alkyl halides is 3. The van der Waals surface area contributed by atoms with Crippen LogP contribution in [0.25, 0.3) is 0 Å². The van der Waals surface area contributed by atoms with E-state index in [9.17, 15) is 13.2 Å². The summed E-state index contributed by atoms with van der Waals surface area (Å²) < 4.78 is 36.1. The smallest absolute Gasteiger partial charge is 0.392 e. The fourth-order valence-corrected chi connectivity index (χ4v) is 0.727. The van der Waals surface area contributed by atoms with Gasteiger partial charge in [0, 0.05) is 5.57 Å². The van der Waals surface area contributed by atoms with Crippen LogP contribution in [0.5, 0.6) is 0 Å². The van der Waals surface area contributed by atoms with E-state index < -0.39 is 18.4 Å². The van der Waals surface area contributed by atoms with Crippen molar-refractivity contribution in [3.8, 4) is 0 Å². The van der Waals surface area contributed by atoms with Crippen LogP contribution in [-0.2, 0) is 0 Å². The highest BCUT2D eigenvalue weighted by Gasteiger charge is 2.32. The summed E-state index contributed by atoms with van der Waals surface area (Å²) in [5, 5.41) is 8.30. The molecule has 70 valence electrons. The highest BCUT2D eigenvalue weighted by atomic mass is 19.4. The third-order valence-electron chi connectivity index (χ3n) is 1.32. The van der Waals surface area contributed by atoms with Gasteiger partial charge in [-0.15, -0.1) is 6.58 Å². The first kappa shape index (κ1) is 11.2. The molecule has 0 saturated heterocycles. The average molecular weight is 180 g/mol. The summed E-state index contributed by atoms with van der Waals surface area (Å²) in [5.74, 6) is 0. The van der Waals surface area contributed by atoms with Crippen LogP contribution in [-0.4, -0.2) is 17.9 Å². The van der Waals surface area contributed by atoms with Crippen LogP contribution in [0.3, 0.4) is 0 Å². The summed E-state index contributed by atoms with van der Waals surface area (Å²) in [6.07, 6.45) is -1.98. The van der Waals surface area contributed by atoms with Gasteiger partial charge in [-0.2, -0.15) is 13.2 Å². The molecule has 0 aromatic heterocycles. The van der Waals surface area contributed by atoms with E-state index in [-0.39, 0.29) is 12.8 Å². The van der Waals surface area contributed by atoms with Gasteiger partial charge in [-0.25, -0.2) is 0 Å². The molecule has 0 amide bonds. The van der Waals surface area contributed by atoms with Gasteiger partial charge in [0.25, 0.3) is 0 Å². The van der Waals surface area contributed by atoms with E-state index >= 15 is 0 Å². The average Bonchev–Trinajstić information content (AvgIpc) is 1.95. The minimum atomic E-state index is -4.33. The van der Waals surface area contributed by atoms with Crippen LogP contribution in [0.2, 0.25) is 0 Å². The number of hydrogen-bond acceptors (Lipinski definition) is 1. The number of rotatable bonds is 4. The van der Waals surface area contributed by atoms with Crippen LogP contribution < -0.4 is 0 Å². The number of aliphatic hydroxyl groups excluding tert-OH is 1. The molecule has 12 heavy (non-hydrogen) atoms. The van der Waals surface area contributed by atoms with Crippen molar-refractivity contribution in [3.05, 3.63) is 24.3 Å². The number of aliphatic hydroxyl groups is 1. The van der Waals surface area contributed by atoms with E-state index in [4.69, 9.17) is 5.11 Å². The number of halogens is 3. The van der Waals surface area contributed by atoms with E-state index in [0.29, 0.717) is 0 Å². The third kappa shape index (κ3) is 4.18. The Morgan fingerprint density at radius 3 is 2.33 bits per heavy atom. The molecule has 0 heterocycles. The summed E-state index contributed by atoms with van der Waals surface area (Å²) in [4.78, 5) is 0. The largest absolute Gasteiger partial charge is 0.412 e. The van der Waals surface area contributed by atoms with E-state index in [1.165, 1.54) is 6.08 Å². The van der Waals surface area contributed by atoms with Crippen LogP contribution in [0.1, 0.15) is 12.8 Å². The Hall–Kier alpha value is -0.770. The van der Waals surface area contributed by atoms with Gasteiger partial charge in [0.05, 0.1) is 6.61 Å². The second-order valence-corrected chi connectivity index (χ2v) is 2.24. The lowest BCUT2D eigenvalue weighted by Crippen LogP contribution is -2.12. The maximum absolute atomic E-state index is 12.0. The second-order valence-electron chi connectivity index (χ2n) is 2.24. The first-order valence-electron chi connectivity index (χ1n) is 3.50. The molecule has 0 aliphatic rings. The highest BCUT2D eigenvalue weighted by Crippen LogP contribution is 2.28. The highest BCUT2D eigenvalue weighted by molar-refractivity contribution is 5.09. The van der Waals surface area contributed by atoms with Crippen LogP contribution in [0.4, 0.5) is 13.2 Å². The number of allylic oxidation sites excluding steroid dienone is 2. The quantitative estimate of drug-likeness (QED) is 0.659. The SMILES string of the molecule is C=CCC/C(=C/CO)C(F)(F)F. The van der Waals surface area contributed by atoms with E-state index in [0.717, 1.165) is 6.08 Å². The van der Waals surface area contributed by atoms with Gasteiger partial charge in [0.2, 0.25) is 0 Å². The molecule has 0 aliphatic heterocycles. The molecule has 0 unspecified atom stereocenters. The van der Waals surface area contributed by atoms with Crippen molar-refractivity contribution in [1.29, 1.82) is 0 Å². The van der Waals surface area contributed by atoms with Gasteiger partial charge in [-0.3, -0.25) is 0 Å². The zero-order valence-corrected chi connectivity index (χ0v) is 6.56. The summed E-state index contributed by atoms with van der Waals surface area (Å²) in [7, 11) is 0. The van der Waals surface area contributed by atoms with Crippen molar-refractivity contribution in [3.63, 3.8) is 0 Å². The minimum Gasteiger partial charge on any atom is -0.392 e. The van der Waals surface area contributed by atoms with Gasteiger partial charge < -0.3 is 5.11 Å². The predicted molar refractivity (Wildman–Crippen MR) is 40.7 cm³/mol. The molecular weight excluding hydrogens is 169 g/mol. The molecule has 0 aromatic rings. The summed E-state index contributed by atoms with van der Waals surface area (Å²) in [6, 6.07) is 0. The Bertz CT molecular complexity index is 170. The first-order valence-corrected chi connectivity index (χ1v) is 3.50. The van der Waals surface area contributed by atoms with Crippen molar-refractivity contribution in [1.82, 2.24) is 0 Å². The molecule has 0 aliphatic carbocycles. The summed E-state index contributed by atoms with van der Waals surface area (Å²) in [6.45, 7) is 2.74. The molecule has 0 atom stereocenters. The minimum absolute atomic E-state index is 0.117. The third-order valence-corrected chi connectivity index (χ3v) is 1.32. The molecule has 0 aromatic carbocycles. The number of hydrogen-bond donors (Lipinski definition) is 1. The van der Waals surface area contributed by atoms with E-state index in [1.54, 1.807) is 0 Å². The molecule has 0 bridgehead atoms. The summed E-state index contributed by atoms with van der Waals surface area (Å²) in [5.41, 5.74) is -0.690. The van der Waals surface area contributed by atoms with Gasteiger partial charge in [0.1, 0.15) is 0 Å². The Morgan fingerprint density at radius 1 is 1.42 bits per heavy atom. The van der Waals surface area contributed by atoms with Gasteiger partial charge >= 0.3 is 6.18 Å². The molecule has 0 spiro atoms. The first-order chi connectivity index (χ1) is 5.52. The van der Waals surface area contributed by atoms with Crippen molar-refractivity contribution >= 4 is 0 Å². The maximum Gasteiger partial charge on any atom is 0.412 e. The fraction of sp³-hybridized carbons (Fsp3) is 0.500. The van der Waals surface area contributed by atoms with Crippen molar-refractivity contribution < 1.29 is 18.3 Å². The van der Waals surface area contributed by atoms with Crippen LogP contribution in [0, 0.1) is 0 Å². The lowest BCUT2D eigenvalue weighted by atomic mass is 10.1. The molecule has 1 N–H and O–H groups in total. The Balaban J connectivity index is 4.24. The van der Waals surface area contributed by atoms with E-state index in [2.05, 4.69) is 6.58 Å². The van der Waals surface area contributed by atoms with E-state index in [1.807, 2.05) is 0 Å². The van der Waals surface area contributed by atoms with Gasteiger partial charge in [-0.05, 0) is 12.8 Å². The van der Waals surface area contributed by atoms with Crippen LogP contribution >= 0.6 is 0 Å². The Kier molecular flexibility index (Phi) is 4.66. The zero-order valence-electron chi connectivity index (χ0n) is 6.56. The Labute approximate surface area is 69.2 Å². The maximum atomic E-state index is 12.0. The van der Waals surface area contributed by atoms with Crippen molar-refractivity contribution in [2.45, 2.75) is 19.0 Å². The zero-order chi connectivity index (χ0) is 9.61. The Morgan fingerprint density at radius 2 is 2.00 bits per heavy atom. The predicted octanol–water partition coefficient (Wildman–Crippen LogP) is 2.43.